The first kappa shape index (κ1) is 20.7. The van der Waals surface area contributed by atoms with Gasteiger partial charge in [0, 0.05) is 31.1 Å². The lowest BCUT2D eigenvalue weighted by atomic mass is 10.3. The number of nitrogens with two attached hydrogens (primary N) is 1. The number of hydrogen-bond donors (Lipinski definition) is 2. The van der Waals surface area contributed by atoms with E-state index in [0.717, 1.165) is 32.5 Å². The van der Waals surface area contributed by atoms with Crippen molar-refractivity contribution in [3.05, 3.63) is 22.4 Å². The Morgan fingerprint density at radius 2 is 2.22 bits per heavy atom. The van der Waals surface area contributed by atoms with Crippen LogP contribution < -0.4 is 11.1 Å². The van der Waals surface area contributed by atoms with Crippen molar-refractivity contribution in [1.82, 2.24) is 15.1 Å². The lowest BCUT2D eigenvalue weighted by Gasteiger charge is -2.19. The molecule has 0 atom stereocenters. The highest BCUT2D eigenvalue weighted by Crippen LogP contribution is 2.07. The Labute approximate surface area is 161 Å². The first-order chi connectivity index (χ1) is 10.7. The average molecular weight is 451 g/mol. The van der Waals surface area contributed by atoms with Crippen molar-refractivity contribution < 1.29 is 0 Å². The molecular formula is C16H30IN5S. The largest absolute Gasteiger partial charge is 0.370 e. The molecule has 0 bridgehead atoms. The van der Waals surface area contributed by atoms with E-state index < -0.39 is 0 Å². The minimum atomic E-state index is 0. The molecule has 0 aliphatic carbocycles. The minimum Gasteiger partial charge on any atom is -0.370 e. The first-order valence-corrected chi connectivity index (χ1v) is 9.09. The molecule has 0 aromatic carbocycles. The first-order valence-electron chi connectivity index (χ1n) is 8.21. The second-order valence-electron chi connectivity index (χ2n) is 5.88. The molecule has 5 nitrogen and oxygen atoms in total. The average Bonchev–Trinajstić information content (AvgIpc) is 2.93. The summed E-state index contributed by atoms with van der Waals surface area (Å²) in [6.45, 7) is 7.57. The van der Waals surface area contributed by atoms with Crippen LogP contribution in [0.1, 0.15) is 17.7 Å². The molecular weight excluding hydrogens is 421 g/mol. The number of likely N-dealkylation sites (N-methyl/N-ethyl adjacent to an activating group) is 1. The molecule has 132 valence electrons. The summed E-state index contributed by atoms with van der Waals surface area (Å²) in [4.78, 5) is 10.7. The quantitative estimate of drug-likeness (QED) is 0.288. The van der Waals surface area contributed by atoms with Gasteiger partial charge in [0.1, 0.15) is 0 Å². The second-order valence-corrected chi connectivity index (χ2v) is 6.91. The van der Waals surface area contributed by atoms with E-state index in [1.54, 1.807) is 11.3 Å². The standard InChI is InChI=1S/C16H29N5S.HI/c1-20-9-4-11-21(13-12-20)10-3-7-18-16(17)19-8-6-15-5-2-14-22-15;/h2,5,14H,3-4,6-13H2,1H3,(H3,17,18,19);1H. The molecule has 7 heteroatoms. The maximum Gasteiger partial charge on any atom is 0.188 e. The van der Waals surface area contributed by atoms with Crippen molar-refractivity contribution in [3.63, 3.8) is 0 Å². The molecule has 0 amide bonds. The van der Waals surface area contributed by atoms with Crippen molar-refractivity contribution in [1.29, 1.82) is 0 Å². The van der Waals surface area contributed by atoms with Gasteiger partial charge in [-0.05, 0) is 57.4 Å². The summed E-state index contributed by atoms with van der Waals surface area (Å²) in [5, 5.41) is 5.29. The highest BCUT2D eigenvalue weighted by Gasteiger charge is 2.10. The fourth-order valence-corrected chi connectivity index (χ4v) is 3.35. The van der Waals surface area contributed by atoms with Gasteiger partial charge in [-0.2, -0.15) is 0 Å². The van der Waals surface area contributed by atoms with Crippen LogP contribution in [-0.2, 0) is 6.42 Å². The van der Waals surface area contributed by atoms with Gasteiger partial charge < -0.3 is 20.9 Å². The van der Waals surface area contributed by atoms with Gasteiger partial charge in [-0.3, -0.25) is 4.99 Å². The SMILES string of the molecule is CN1CCCN(CCCN=C(N)NCCc2cccs2)CC1.I. The van der Waals surface area contributed by atoms with Gasteiger partial charge in [0.05, 0.1) is 0 Å². The normalized spacial score (nSPS) is 17.5. The summed E-state index contributed by atoms with van der Waals surface area (Å²) in [7, 11) is 2.20. The summed E-state index contributed by atoms with van der Waals surface area (Å²) < 4.78 is 0. The Bertz CT molecular complexity index is 438. The van der Waals surface area contributed by atoms with E-state index in [9.17, 15) is 0 Å². The predicted molar refractivity (Wildman–Crippen MR) is 111 cm³/mol. The molecule has 1 fully saturated rings. The molecule has 23 heavy (non-hydrogen) atoms. The summed E-state index contributed by atoms with van der Waals surface area (Å²) in [5.41, 5.74) is 5.90. The Morgan fingerprint density at radius 3 is 3.00 bits per heavy atom. The van der Waals surface area contributed by atoms with Crippen molar-refractivity contribution in [2.45, 2.75) is 19.3 Å². The fraction of sp³-hybridized carbons (Fsp3) is 0.688. The maximum atomic E-state index is 5.90. The number of nitrogens with one attached hydrogen (secondary N) is 1. The Morgan fingerprint density at radius 1 is 1.35 bits per heavy atom. The third-order valence-corrected chi connectivity index (χ3v) is 4.92. The van der Waals surface area contributed by atoms with Gasteiger partial charge >= 0.3 is 0 Å². The zero-order chi connectivity index (χ0) is 15.6. The molecule has 1 aromatic heterocycles. The van der Waals surface area contributed by atoms with Crippen LogP contribution in [0.25, 0.3) is 0 Å². The third kappa shape index (κ3) is 8.88. The molecule has 2 rings (SSSR count). The minimum absolute atomic E-state index is 0. The fourth-order valence-electron chi connectivity index (χ4n) is 2.64. The van der Waals surface area contributed by atoms with Gasteiger partial charge in [0.2, 0.25) is 0 Å². The number of aliphatic imine (C=N–C) groups is 1. The monoisotopic (exact) mass is 451 g/mol. The van der Waals surface area contributed by atoms with Crippen LogP contribution in [0.15, 0.2) is 22.5 Å². The summed E-state index contributed by atoms with van der Waals surface area (Å²) in [6.07, 6.45) is 3.36. The third-order valence-electron chi connectivity index (χ3n) is 3.98. The maximum absolute atomic E-state index is 5.90. The summed E-state index contributed by atoms with van der Waals surface area (Å²) >= 11 is 1.78. The Kier molecular flexibility index (Phi) is 10.8. The summed E-state index contributed by atoms with van der Waals surface area (Å²) in [6, 6.07) is 4.23. The Balaban J connectivity index is 0.00000264. The van der Waals surface area contributed by atoms with Gasteiger partial charge in [-0.1, -0.05) is 6.07 Å². The topological polar surface area (TPSA) is 56.9 Å². The van der Waals surface area contributed by atoms with Crippen LogP contribution >= 0.6 is 35.3 Å². The van der Waals surface area contributed by atoms with E-state index >= 15 is 0 Å². The number of thiophene rings is 1. The van der Waals surface area contributed by atoms with Crippen molar-refractivity contribution >= 4 is 41.3 Å². The van der Waals surface area contributed by atoms with E-state index in [-0.39, 0.29) is 24.0 Å². The van der Waals surface area contributed by atoms with Crippen LogP contribution in [0, 0.1) is 0 Å². The van der Waals surface area contributed by atoms with E-state index in [1.807, 2.05) is 0 Å². The van der Waals surface area contributed by atoms with Crippen molar-refractivity contribution in [2.24, 2.45) is 10.7 Å². The smallest absolute Gasteiger partial charge is 0.188 e. The van der Waals surface area contributed by atoms with E-state index in [2.05, 4.69) is 44.7 Å². The van der Waals surface area contributed by atoms with Crippen molar-refractivity contribution in [3.8, 4) is 0 Å². The molecule has 0 spiro atoms. The molecule has 0 unspecified atom stereocenters. The number of nitrogens with zero attached hydrogens (tertiary/aromatic N) is 3. The zero-order valence-electron chi connectivity index (χ0n) is 14.0. The molecule has 1 aliphatic rings. The molecule has 3 N–H and O–H groups in total. The molecule has 2 heterocycles. The van der Waals surface area contributed by atoms with E-state index in [0.29, 0.717) is 5.96 Å². The molecule has 1 aromatic rings. The van der Waals surface area contributed by atoms with Gasteiger partial charge in [-0.15, -0.1) is 35.3 Å². The molecule has 1 aliphatic heterocycles. The van der Waals surface area contributed by atoms with Crippen molar-refractivity contribution in [2.75, 3.05) is 52.9 Å². The van der Waals surface area contributed by atoms with Gasteiger partial charge in [0.15, 0.2) is 5.96 Å². The highest BCUT2D eigenvalue weighted by molar-refractivity contribution is 14.0. The lowest BCUT2D eigenvalue weighted by Crippen LogP contribution is -2.33. The van der Waals surface area contributed by atoms with E-state index in [4.69, 9.17) is 5.73 Å². The Hall–Kier alpha value is -0.380. The zero-order valence-corrected chi connectivity index (χ0v) is 17.2. The molecule has 0 radical (unpaired) electrons. The second kappa shape index (κ2) is 12.0. The predicted octanol–water partition coefficient (Wildman–Crippen LogP) is 1.84. The van der Waals surface area contributed by atoms with Crippen LogP contribution in [0.5, 0.6) is 0 Å². The molecule has 0 saturated carbocycles. The van der Waals surface area contributed by atoms with Gasteiger partial charge in [-0.25, -0.2) is 0 Å². The number of halogens is 1. The van der Waals surface area contributed by atoms with Crippen LogP contribution in [0.2, 0.25) is 0 Å². The highest BCUT2D eigenvalue weighted by atomic mass is 127. The van der Waals surface area contributed by atoms with Gasteiger partial charge in [0.25, 0.3) is 0 Å². The number of rotatable bonds is 7. The number of guanidine groups is 1. The summed E-state index contributed by atoms with van der Waals surface area (Å²) in [5.74, 6) is 0.576. The van der Waals surface area contributed by atoms with E-state index in [1.165, 1.54) is 37.5 Å². The molecule has 1 saturated heterocycles. The van der Waals surface area contributed by atoms with Crippen LogP contribution in [0.3, 0.4) is 0 Å². The number of hydrogen-bond acceptors (Lipinski definition) is 4. The van der Waals surface area contributed by atoms with Crippen LogP contribution in [0.4, 0.5) is 0 Å². The van der Waals surface area contributed by atoms with Crippen LogP contribution in [-0.4, -0.2) is 68.6 Å². The lowest BCUT2D eigenvalue weighted by molar-refractivity contribution is 0.275.